The van der Waals surface area contributed by atoms with Crippen LogP contribution < -0.4 is 4.90 Å². The van der Waals surface area contributed by atoms with E-state index in [4.69, 9.17) is 4.98 Å². The fraction of sp³-hybridized carbons (Fsp3) is 0.357. The highest BCUT2D eigenvalue weighted by Crippen LogP contribution is 2.25. The second-order valence-electron chi connectivity index (χ2n) is 5.38. The summed E-state index contributed by atoms with van der Waals surface area (Å²) in [7, 11) is 2.15. The van der Waals surface area contributed by atoms with Gasteiger partial charge in [-0.1, -0.05) is 15.9 Å². The average Bonchev–Trinajstić information content (AvgIpc) is 2.97. The first-order chi connectivity index (χ1) is 10.2. The molecule has 0 amide bonds. The number of halogens is 1. The van der Waals surface area contributed by atoms with Gasteiger partial charge in [0.2, 0.25) is 5.65 Å². The van der Waals surface area contributed by atoms with Crippen molar-refractivity contribution in [3.63, 3.8) is 0 Å². The van der Waals surface area contributed by atoms with Gasteiger partial charge in [0.1, 0.15) is 6.33 Å². The number of anilines is 1. The van der Waals surface area contributed by atoms with Crippen LogP contribution in [0.1, 0.15) is 0 Å². The molecule has 7 heteroatoms. The van der Waals surface area contributed by atoms with Crippen molar-refractivity contribution in [3.8, 4) is 0 Å². The molecular formula is C14H15BrN6. The molecule has 0 N–H and O–H groups in total. The van der Waals surface area contributed by atoms with Crippen molar-refractivity contribution in [1.29, 1.82) is 0 Å². The fourth-order valence-corrected chi connectivity index (χ4v) is 3.09. The maximum Gasteiger partial charge on any atom is 0.204 e. The molecule has 0 bridgehead atoms. The van der Waals surface area contributed by atoms with E-state index >= 15 is 0 Å². The van der Waals surface area contributed by atoms with E-state index in [1.165, 1.54) is 0 Å². The quantitative estimate of drug-likeness (QED) is 0.672. The summed E-state index contributed by atoms with van der Waals surface area (Å²) >= 11 is 3.51. The first kappa shape index (κ1) is 13.0. The lowest BCUT2D eigenvalue weighted by Crippen LogP contribution is -2.45. The topological polar surface area (TPSA) is 49.6 Å². The summed E-state index contributed by atoms with van der Waals surface area (Å²) in [5.41, 5.74) is 2.80. The molecule has 0 aliphatic carbocycles. The predicted octanol–water partition coefficient (Wildman–Crippen LogP) is 1.79. The van der Waals surface area contributed by atoms with E-state index in [0.29, 0.717) is 0 Å². The number of fused-ring (bicyclic) bond motifs is 3. The number of likely N-dealkylation sites (N-methyl/N-ethyl adjacent to an activating group) is 1. The smallest absolute Gasteiger partial charge is 0.204 e. The standard InChI is InChI=1S/C14H15BrN6/c1-19-4-6-20(7-5-19)13-14-18-16-9-21(14)12-8-10(15)2-3-11(12)17-13/h2-3,8-9H,4-7H2,1H3. The normalized spacial score (nSPS) is 17.0. The molecule has 0 atom stereocenters. The minimum atomic E-state index is 0.824. The van der Waals surface area contributed by atoms with Gasteiger partial charge >= 0.3 is 0 Å². The predicted molar refractivity (Wildman–Crippen MR) is 85.7 cm³/mol. The van der Waals surface area contributed by atoms with Crippen LogP contribution in [0.15, 0.2) is 29.0 Å². The van der Waals surface area contributed by atoms with Crippen LogP contribution in [0.4, 0.5) is 5.82 Å². The van der Waals surface area contributed by atoms with Crippen LogP contribution in [0.5, 0.6) is 0 Å². The number of nitrogens with zero attached hydrogens (tertiary/aromatic N) is 6. The molecule has 1 fully saturated rings. The van der Waals surface area contributed by atoms with Gasteiger partial charge in [-0.15, -0.1) is 10.2 Å². The van der Waals surface area contributed by atoms with Crippen molar-refractivity contribution in [3.05, 3.63) is 29.0 Å². The zero-order valence-electron chi connectivity index (χ0n) is 11.7. The van der Waals surface area contributed by atoms with Gasteiger partial charge < -0.3 is 9.80 Å². The molecule has 6 nitrogen and oxygen atoms in total. The van der Waals surface area contributed by atoms with E-state index in [1.54, 1.807) is 6.33 Å². The molecule has 0 spiro atoms. The van der Waals surface area contributed by atoms with Gasteiger partial charge in [0.15, 0.2) is 5.82 Å². The van der Waals surface area contributed by atoms with Gasteiger partial charge in [-0.25, -0.2) is 4.98 Å². The van der Waals surface area contributed by atoms with Crippen LogP contribution in [0, 0.1) is 0 Å². The third-order valence-corrected chi connectivity index (χ3v) is 4.47. The SMILES string of the molecule is CN1CCN(c2nc3ccc(Br)cc3n3cnnc23)CC1. The maximum absolute atomic E-state index is 4.83. The minimum absolute atomic E-state index is 0.824. The molecule has 3 heterocycles. The molecule has 0 radical (unpaired) electrons. The average molecular weight is 347 g/mol. The molecule has 1 aromatic carbocycles. The number of hydrogen-bond donors (Lipinski definition) is 0. The van der Waals surface area contributed by atoms with Crippen LogP contribution in [0.2, 0.25) is 0 Å². The number of aromatic nitrogens is 4. The number of piperazine rings is 1. The summed E-state index contributed by atoms with van der Waals surface area (Å²) in [6, 6.07) is 6.09. The van der Waals surface area contributed by atoms with Crippen molar-refractivity contribution in [2.24, 2.45) is 0 Å². The Morgan fingerprint density at radius 3 is 2.76 bits per heavy atom. The number of benzene rings is 1. The van der Waals surface area contributed by atoms with Crippen LogP contribution in [-0.4, -0.2) is 57.7 Å². The second kappa shape index (κ2) is 4.92. The monoisotopic (exact) mass is 346 g/mol. The Balaban J connectivity index is 1.91. The molecule has 108 valence electrons. The van der Waals surface area contributed by atoms with Crippen LogP contribution >= 0.6 is 15.9 Å². The molecule has 1 aliphatic rings. The first-order valence-corrected chi connectivity index (χ1v) is 7.74. The Bertz CT molecular complexity index is 806. The lowest BCUT2D eigenvalue weighted by molar-refractivity contribution is 0.312. The third-order valence-electron chi connectivity index (χ3n) is 3.97. The van der Waals surface area contributed by atoms with Gasteiger partial charge in [0.05, 0.1) is 11.0 Å². The van der Waals surface area contributed by atoms with Gasteiger partial charge in [-0.05, 0) is 25.2 Å². The lowest BCUT2D eigenvalue weighted by atomic mass is 10.3. The van der Waals surface area contributed by atoms with E-state index in [1.807, 2.05) is 22.6 Å². The van der Waals surface area contributed by atoms with E-state index in [-0.39, 0.29) is 0 Å². The van der Waals surface area contributed by atoms with Crippen molar-refractivity contribution in [2.45, 2.75) is 0 Å². The van der Waals surface area contributed by atoms with Crippen molar-refractivity contribution < 1.29 is 0 Å². The summed E-state index contributed by atoms with van der Waals surface area (Å²) in [6.45, 7) is 4.02. The van der Waals surface area contributed by atoms with Gasteiger partial charge in [-0.3, -0.25) is 4.40 Å². The lowest BCUT2D eigenvalue weighted by Gasteiger charge is -2.33. The van der Waals surface area contributed by atoms with Crippen LogP contribution in [0.3, 0.4) is 0 Å². The van der Waals surface area contributed by atoms with Gasteiger partial charge in [-0.2, -0.15) is 0 Å². The molecule has 21 heavy (non-hydrogen) atoms. The zero-order chi connectivity index (χ0) is 14.4. The summed E-state index contributed by atoms with van der Waals surface area (Å²) in [4.78, 5) is 9.45. The van der Waals surface area contributed by atoms with Gasteiger partial charge in [0, 0.05) is 30.7 Å². The first-order valence-electron chi connectivity index (χ1n) is 6.95. The van der Waals surface area contributed by atoms with Crippen molar-refractivity contribution in [2.75, 3.05) is 38.1 Å². The molecule has 4 rings (SSSR count). The van der Waals surface area contributed by atoms with Crippen molar-refractivity contribution in [1.82, 2.24) is 24.5 Å². The number of rotatable bonds is 1. The highest BCUT2D eigenvalue weighted by molar-refractivity contribution is 9.10. The molecular weight excluding hydrogens is 332 g/mol. The van der Waals surface area contributed by atoms with Crippen LogP contribution in [-0.2, 0) is 0 Å². The molecule has 1 aliphatic heterocycles. The molecule has 0 saturated carbocycles. The molecule has 2 aromatic heterocycles. The van der Waals surface area contributed by atoms with E-state index < -0.39 is 0 Å². The second-order valence-corrected chi connectivity index (χ2v) is 6.30. The Labute approximate surface area is 130 Å². The highest BCUT2D eigenvalue weighted by atomic mass is 79.9. The van der Waals surface area contributed by atoms with Crippen molar-refractivity contribution >= 4 is 38.4 Å². The highest BCUT2D eigenvalue weighted by Gasteiger charge is 2.20. The van der Waals surface area contributed by atoms with E-state index in [2.05, 4.69) is 43.0 Å². The Morgan fingerprint density at radius 1 is 1.14 bits per heavy atom. The summed E-state index contributed by atoms with van der Waals surface area (Å²) in [6.07, 6.45) is 1.76. The molecule has 1 saturated heterocycles. The molecule has 0 unspecified atom stereocenters. The zero-order valence-corrected chi connectivity index (χ0v) is 13.3. The summed E-state index contributed by atoms with van der Waals surface area (Å²) in [5.74, 6) is 0.926. The maximum atomic E-state index is 4.83. The minimum Gasteiger partial charge on any atom is -0.351 e. The Kier molecular flexibility index (Phi) is 3.04. The molecule has 3 aromatic rings. The number of hydrogen-bond acceptors (Lipinski definition) is 5. The van der Waals surface area contributed by atoms with E-state index in [0.717, 1.165) is 53.2 Å². The Hall–Kier alpha value is -1.73. The summed E-state index contributed by atoms with van der Waals surface area (Å²) in [5, 5.41) is 8.34. The Morgan fingerprint density at radius 2 is 1.95 bits per heavy atom. The van der Waals surface area contributed by atoms with E-state index in [9.17, 15) is 0 Å². The summed E-state index contributed by atoms with van der Waals surface area (Å²) < 4.78 is 3.04. The van der Waals surface area contributed by atoms with Crippen LogP contribution in [0.25, 0.3) is 16.7 Å². The largest absolute Gasteiger partial charge is 0.351 e. The van der Waals surface area contributed by atoms with Gasteiger partial charge in [0.25, 0.3) is 0 Å². The third kappa shape index (κ3) is 2.16. The fourth-order valence-electron chi connectivity index (χ4n) is 2.74.